The fourth-order valence-electron chi connectivity index (χ4n) is 2.05. The van der Waals surface area contributed by atoms with Gasteiger partial charge in [0.15, 0.2) is 0 Å². The maximum atomic E-state index is 11.6. The molecule has 0 aromatic carbocycles. The lowest BCUT2D eigenvalue weighted by molar-refractivity contribution is -0.384. The molecule has 2 heterocycles. The summed E-state index contributed by atoms with van der Waals surface area (Å²) in [7, 11) is -3.13. The zero-order valence-corrected chi connectivity index (χ0v) is 13.7. The van der Waals surface area contributed by atoms with E-state index < -0.39 is 14.9 Å². The van der Waals surface area contributed by atoms with Crippen LogP contribution in [0, 0.1) is 16.0 Å². The molecule has 0 unspecified atom stereocenters. The molecule has 0 spiro atoms. The van der Waals surface area contributed by atoms with Gasteiger partial charge in [0.2, 0.25) is 10.0 Å². The average Bonchev–Trinajstić information content (AvgIpc) is 2.37. The predicted octanol–water partition coefficient (Wildman–Crippen LogP) is 1.45. The van der Waals surface area contributed by atoms with Crippen LogP contribution in [0.3, 0.4) is 0 Å². The van der Waals surface area contributed by atoms with Crippen molar-refractivity contribution in [3.8, 4) is 0 Å². The Balaban J connectivity index is 1.96. The molecule has 0 radical (unpaired) electrons. The maximum absolute atomic E-state index is 11.6. The SMILES string of the molecule is CCS(=O)(=O)N1CC(CNc2c(Br)cncc2[N+](=O)[O-])C1. The molecule has 1 aliphatic heterocycles. The van der Waals surface area contributed by atoms with Crippen LogP contribution in [-0.2, 0) is 10.0 Å². The van der Waals surface area contributed by atoms with Gasteiger partial charge in [-0.1, -0.05) is 0 Å². The summed E-state index contributed by atoms with van der Waals surface area (Å²) in [5, 5.41) is 13.9. The number of anilines is 1. The van der Waals surface area contributed by atoms with Gasteiger partial charge in [-0.3, -0.25) is 15.1 Å². The van der Waals surface area contributed by atoms with Crippen LogP contribution in [0.2, 0.25) is 0 Å². The first-order valence-corrected chi connectivity index (χ1v) is 8.75. The van der Waals surface area contributed by atoms with E-state index in [2.05, 4.69) is 26.2 Å². The summed E-state index contributed by atoms with van der Waals surface area (Å²) in [5.74, 6) is 0.236. The van der Waals surface area contributed by atoms with Crippen LogP contribution in [0.25, 0.3) is 0 Å². The molecule has 0 atom stereocenters. The van der Waals surface area contributed by atoms with Crippen molar-refractivity contribution >= 4 is 37.3 Å². The largest absolute Gasteiger partial charge is 0.378 e. The first kappa shape index (κ1) is 16.1. The van der Waals surface area contributed by atoms with Gasteiger partial charge in [-0.15, -0.1) is 0 Å². The highest BCUT2D eigenvalue weighted by atomic mass is 79.9. The third-order valence-corrected chi connectivity index (χ3v) is 5.74. The Morgan fingerprint density at radius 3 is 2.76 bits per heavy atom. The molecular weight excluding hydrogens is 364 g/mol. The number of nitrogens with one attached hydrogen (secondary N) is 1. The summed E-state index contributed by atoms with van der Waals surface area (Å²) in [6.45, 7) is 2.97. The van der Waals surface area contributed by atoms with Crippen LogP contribution in [0.4, 0.5) is 11.4 Å². The molecule has 8 nitrogen and oxygen atoms in total. The summed E-state index contributed by atoms with van der Waals surface area (Å²) in [4.78, 5) is 14.2. The van der Waals surface area contributed by atoms with Gasteiger partial charge in [0, 0.05) is 31.7 Å². The number of hydrogen-bond acceptors (Lipinski definition) is 6. The highest BCUT2D eigenvalue weighted by Gasteiger charge is 2.34. The summed E-state index contributed by atoms with van der Waals surface area (Å²) in [6, 6.07) is 0. The van der Waals surface area contributed by atoms with Crippen LogP contribution in [0.1, 0.15) is 6.92 Å². The van der Waals surface area contributed by atoms with E-state index in [0.29, 0.717) is 29.8 Å². The number of pyridine rings is 1. The molecule has 1 aromatic heterocycles. The number of halogens is 1. The Hall–Kier alpha value is -1.26. The van der Waals surface area contributed by atoms with Gasteiger partial charge >= 0.3 is 5.69 Å². The fourth-order valence-corrected chi connectivity index (χ4v) is 3.75. The van der Waals surface area contributed by atoms with E-state index in [9.17, 15) is 18.5 Å². The lowest BCUT2D eigenvalue weighted by Gasteiger charge is -2.38. The third kappa shape index (κ3) is 3.50. The van der Waals surface area contributed by atoms with Crippen molar-refractivity contribution in [3.05, 3.63) is 27.0 Å². The minimum absolute atomic E-state index is 0.0918. The second-order valence-electron chi connectivity index (χ2n) is 4.74. The third-order valence-electron chi connectivity index (χ3n) is 3.33. The first-order chi connectivity index (χ1) is 9.85. The number of hydrogen-bond donors (Lipinski definition) is 1. The normalized spacial score (nSPS) is 16.5. The van der Waals surface area contributed by atoms with Crippen molar-refractivity contribution in [1.82, 2.24) is 9.29 Å². The molecule has 116 valence electrons. The van der Waals surface area contributed by atoms with E-state index >= 15 is 0 Å². The van der Waals surface area contributed by atoms with Gasteiger partial charge in [0.25, 0.3) is 0 Å². The van der Waals surface area contributed by atoms with E-state index in [1.54, 1.807) is 6.92 Å². The minimum atomic E-state index is -3.13. The molecule has 1 aliphatic rings. The second-order valence-corrected chi connectivity index (χ2v) is 7.85. The van der Waals surface area contributed by atoms with Crippen molar-refractivity contribution in [1.29, 1.82) is 0 Å². The zero-order chi connectivity index (χ0) is 15.6. The number of nitrogens with zero attached hydrogens (tertiary/aromatic N) is 3. The summed E-state index contributed by atoms with van der Waals surface area (Å²) in [5.41, 5.74) is 0.258. The molecule has 0 saturated carbocycles. The molecule has 1 aromatic rings. The fraction of sp³-hybridized carbons (Fsp3) is 0.545. The van der Waals surface area contributed by atoms with Gasteiger partial charge < -0.3 is 5.32 Å². The predicted molar refractivity (Wildman–Crippen MR) is 81.6 cm³/mol. The van der Waals surface area contributed by atoms with Crippen LogP contribution in [0.15, 0.2) is 16.9 Å². The monoisotopic (exact) mass is 378 g/mol. The molecule has 21 heavy (non-hydrogen) atoms. The lowest BCUT2D eigenvalue weighted by atomic mass is 10.0. The average molecular weight is 379 g/mol. The van der Waals surface area contributed by atoms with E-state index in [-0.39, 0.29) is 17.4 Å². The van der Waals surface area contributed by atoms with Crippen molar-refractivity contribution in [2.24, 2.45) is 5.92 Å². The van der Waals surface area contributed by atoms with Crippen molar-refractivity contribution < 1.29 is 13.3 Å². The van der Waals surface area contributed by atoms with Gasteiger partial charge in [0.05, 0.1) is 15.1 Å². The van der Waals surface area contributed by atoms with Crippen molar-refractivity contribution in [3.63, 3.8) is 0 Å². The number of rotatable bonds is 6. The maximum Gasteiger partial charge on any atom is 0.311 e. The molecule has 0 bridgehead atoms. The molecule has 0 amide bonds. The summed E-state index contributed by atoms with van der Waals surface area (Å²) >= 11 is 3.22. The lowest BCUT2D eigenvalue weighted by Crippen LogP contribution is -2.52. The van der Waals surface area contributed by atoms with Crippen molar-refractivity contribution in [2.45, 2.75) is 6.92 Å². The highest BCUT2D eigenvalue weighted by molar-refractivity contribution is 9.10. The Bertz CT molecular complexity index is 646. The molecule has 0 aliphatic carbocycles. The topological polar surface area (TPSA) is 105 Å². The quantitative estimate of drug-likeness (QED) is 0.592. The molecule has 1 fully saturated rings. The van der Waals surface area contributed by atoms with E-state index in [0.717, 1.165) is 0 Å². The van der Waals surface area contributed by atoms with Gasteiger partial charge in [-0.05, 0) is 22.9 Å². The Labute approximate surface area is 130 Å². The number of aromatic nitrogens is 1. The molecule has 10 heteroatoms. The van der Waals surface area contributed by atoms with Crippen LogP contribution >= 0.6 is 15.9 Å². The highest BCUT2D eigenvalue weighted by Crippen LogP contribution is 2.31. The second kappa shape index (κ2) is 6.24. The van der Waals surface area contributed by atoms with E-state index in [1.807, 2.05) is 0 Å². The Kier molecular flexibility index (Phi) is 4.79. The Morgan fingerprint density at radius 2 is 2.19 bits per heavy atom. The molecule has 1 saturated heterocycles. The van der Waals surface area contributed by atoms with Crippen LogP contribution in [-0.4, -0.2) is 48.0 Å². The number of nitro groups is 1. The van der Waals surface area contributed by atoms with Crippen molar-refractivity contribution in [2.75, 3.05) is 30.7 Å². The summed E-state index contributed by atoms with van der Waals surface area (Å²) in [6.07, 6.45) is 2.66. The first-order valence-electron chi connectivity index (χ1n) is 6.34. The van der Waals surface area contributed by atoms with Gasteiger partial charge in [0.1, 0.15) is 11.9 Å². The van der Waals surface area contributed by atoms with Crippen LogP contribution in [0.5, 0.6) is 0 Å². The number of sulfonamides is 1. The Morgan fingerprint density at radius 1 is 1.52 bits per heavy atom. The van der Waals surface area contributed by atoms with E-state index in [4.69, 9.17) is 0 Å². The zero-order valence-electron chi connectivity index (χ0n) is 11.3. The minimum Gasteiger partial charge on any atom is -0.378 e. The molecular formula is C11H15BrN4O4S. The van der Waals surface area contributed by atoms with Crippen LogP contribution < -0.4 is 5.32 Å². The summed E-state index contributed by atoms with van der Waals surface area (Å²) < 4.78 is 25.1. The standard InChI is InChI=1S/C11H15BrN4O4S/c1-2-21(19,20)15-6-8(7-15)3-14-11-9(12)4-13-5-10(11)16(17)18/h4-5,8H,2-3,6-7H2,1H3,(H,13,14). The van der Waals surface area contributed by atoms with Gasteiger partial charge in [-0.2, -0.15) is 0 Å². The van der Waals surface area contributed by atoms with Gasteiger partial charge in [-0.25, -0.2) is 12.7 Å². The smallest absolute Gasteiger partial charge is 0.311 e. The molecule has 2 rings (SSSR count). The van der Waals surface area contributed by atoms with E-state index in [1.165, 1.54) is 16.7 Å². The molecule has 1 N–H and O–H groups in total.